The fourth-order valence-electron chi connectivity index (χ4n) is 5.77. The minimum atomic E-state index is -3.81. The van der Waals surface area contributed by atoms with E-state index in [9.17, 15) is 18.0 Å². The van der Waals surface area contributed by atoms with Crippen molar-refractivity contribution in [2.45, 2.75) is 51.6 Å². The Bertz CT molecular complexity index is 1480. The van der Waals surface area contributed by atoms with Crippen LogP contribution in [0.15, 0.2) is 58.4 Å². The van der Waals surface area contributed by atoms with E-state index in [-0.39, 0.29) is 21.8 Å². The molecule has 36 heavy (non-hydrogen) atoms. The van der Waals surface area contributed by atoms with Gasteiger partial charge in [0.2, 0.25) is 15.5 Å². The van der Waals surface area contributed by atoms with Crippen molar-refractivity contribution in [2.75, 3.05) is 19.6 Å². The number of aryl methyl sites for hydroxylation is 1. The number of carbonyl (C=O) groups is 1. The van der Waals surface area contributed by atoms with Crippen molar-refractivity contribution in [3.8, 4) is 0 Å². The molecule has 2 aliphatic rings. The maximum atomic E-state index is 13.6. The molecule has 0 aliphatic carbocycles. The number of piperidine rings is 1. The zero-order valence-corrected chi connectivity index (χ0v) is 21.9. The Kier molecular flexibility index (Phi) is 6.51. The zero-order valence-electron chi connectivity index (χ0n) is 21.1. The zero-order chi connectivity index (χ0) is 25.6. The van der Waals surface area contributed by atoms with Gasteiger partial charge in [-0.2, -0.15) is 4.31 Å². The van der Waals surface area contributed by atoms with Crippen LogP contribution in [0.1, 0.15) is 48.7 Å². The van der Waals surface area contributed by atoms with Gasteiger partial charge in [-0.1, -0.05) is 38.1 Å². The molecule has 0 bridgehead atoms. The van der Waals surface area contributed by atoms with E-state index in [0.717, 1.165) is 17.5 Å². The summed E-state index contributed by atoms with van der Waals surface area (Å²) in [6.45, 7) is 8.68. The van der Waals surface area contributed by atoms with E-state index in [0.29, 0.717) is 56.5 Å². The van der Waals surface area contributed by atoms with Gasteiger partial charge in [0, 0.05) is 44.3 Å². The van der Waals surface area contributed by atoms with Gasteiger partial charge in [0.05, 0.1) is 10.4 Å². The number of amides is 1. The smallest absolute Gasteiger partial charge is 0.259 e. The lowest BCUT2D eigenvalue weighted by Gasteiger charge is -2.35. The van der Waals surface area contributed by atoms with Crippen LogP contribution in [-0.2, 0) is 29.5 Å². The van der Waals surface area contributed by atoms with Gasteiger partial charge >= 0.3 is 0 Å². The Morgan fingerprint density at radius 2 is 1.72 bits per heavy atom. The number of benzene rings is 2. The van der Waals surface area contributed by atoms with Crippen molar-refractivity contribution in [3.05, 3.63) is 75.6 Å². The van der Waals surface area contributed by atoms with E-state index in [1.54, 1.807) is 23.2 Å². The van der Waals surface area contributed by atoms with Crippen molar-refractivity contribution in [3.63, 3.8) is 0 Å². The van der Waals surface area contributed by atoms with Gasteiger partial charge in [0.15, 0.2) is 0 Å². The molecule has 0 saturated carbocycles. The lowest BCUT2D eigenvalue weighted by molar-refractivity contribution is 0.0621. The minimum absolute atomic E-state index is 0.0824. The van der Waals surface area contributed by atoms with Crippen molar-refractivity contribution in [2.24, 2.45) is 11.8 Å². The van der Waals surface area contributed by atoms with Crippen LogP contribution in [-0.4, -0.2) is 47.7 Å². The second-order valence-electron chi connectivity index (χ2n) is 10.4. The summed E-state index contributed by atoms with van der Waals surface area (Å²) in [6, 6.07) is 12.6. The molecular formula is C28H33N3O4S. The maximum absolute atomic E-state index is 13.6. The molecule has 0 spiro atoms. The van der Waals surface area contributed by atoms with Crippen LogP contribution >= 0.6 is 0 Å². The van der Waals surface area contributed by atoms with E-state index < -0.39 is 15.5 Å². The molecule has 0 unspecified atom stereocenters. The van der Waals surface area contributed by atoms with E-state index in [2.05, 4.69) is 13.8 Å². The molecule has 2 atom stereocenters. The summed E-state index contributed by atoms with van der Waals surface area (Å²) < 4.78 is 30.5. The predicted octanol–water partition coefficient (Wildman–Crippen LogP) is 3.89. The van der Waals surface area contributed by atoms with E-state index in [4.69, 9.17) is 0 Å². The van der Waals surface area contributed by atoms with Crippen molar-refractivity contribution in [1.29, 1.82) is 0 Å². The molecular weight excluding hydrogens is 474 g/mol. The van der Waals surface area contributed by atoms with Crippen molar-refractivity contribution >= 4 is 26.8 Å². The average molecular weight is 508 g/mol. The van der Waals surface area contributed by atoms with Gasteiger partial charge in [-0.3, -0.25) is 9.59 Å². The number of fused-ring (bicyclic) bond motifs is 2. The fraction of sp³-hybridized carbons (Fsp3) is 0.429. The third-order valence-corrected chi connectivity index (χ3v) is 9.35. The Hall–Kier alpha value is -2.97. The second-order valence-corrected chi connectivity index (χ2v) is 12.3. The number of carbonyl (C=O) groups excluding carboxylic acids is 1. The van der Waals surface area contributed by atoms with Gasteiger partial charge in [-0.15, -0.1) is 0 Å². The van der Waals surface area contributed by atoms with Gasteiger partial charge in [-0.05, 0) is 60.9 Å². The van der Waals surface area contributed by atoms with Crippen LogP contribution in [0.25, 0.3) is 10.9 Å². The average Bonchev–Trinajstić information content (AvgIpc) is 2.87. The first kappa shape index (κ1) is 24.7. The Morgan fingerprint density at radius 1 is 1.03 bits per heavy atom. The Morgan fingerprint density at radius 3 is 2.42 bits per heavy atom. The summed E-state index contributed by atoms with van der Waals surface area (Å²) >= 11 is 0. The molecule has 1 fully saturated rings. The quantitative estimate of drug-likeness (QED) is 0.537. The lowest BCUT2D eigenvalue weighted by Crippen LogP contribution is -2.44. The Labute approximate surface area is 212 Å². The summed E-state index contributed by atoms with van der Waals surface area (Å²) in [6.07, 6.45) is 3.34. The molecule has 7 nitrogen and oxygen atoms in total. The molecule has 2 aromatic carbocycles. The number of nitrogens with zero attached hydrogens (tertiary/aromatic N) is 3. The van der Waals surface area contributed by atoms with Gasteiger partial charge < -0.3 is 9.47 Å². The standard InChI is InChI=1S/C28H33N3O4S/c1-4-29-18-25(28(33)30-15-19(2)13-20(3)16-30)27(32)24-14-23(9-10-26(24)29)36(34,35)31-12-11-21-7-5-6-8-22(21)17-31/h5-10,14,18-20H,4,11-13,15-17H2,1-3H3/t19-,20-/m0/s1. The topological polar surface area (TPSA) is 79.7 Å². The molecule has 3 aromatic rings. The van der Waals surface area contributed by atoms with Crippen LogP contribution in [0, 0.1) is 11.8 Å². The molecule has 5 rings (SSSR count). The first-order valence-electron chi connectivity index (χ1n) is 12.7. The van der Waals surface area contributed by atoms with Gasteiger partial charge in [0.25, 0.3) is 5.91 Å². The normalized spacial score (nSPS) is 20.9. The molecule has 1 aromatic heterocycles. The van der Waals surface area contributed by atoms with Gasteiger partial charge in [0.1, 0.15) is 5.56 Å². The number of aromatic nitrogens is 1. The first-order valence-corrected chi connectivity index (χ1v) is 14.2. The third-order valence-electron chi connectivity index (χ3n) is 7.51. The number of hydrogen-bond acceptors (Lipinski definition) is 4. The highest BCUT2D eigenvalue weighted by atomic mass is 32.2. The Balaban J connectivity index is 1.55. The summed E-state index contributed by atoms with van der Waals surface area (Å²) in [5.74, 6) is 0.472. The summed E-state index contributed by atoms with van der Waals surface area (Å²) in [7, 11) is -3.81. The van der Waals surface area contributed by atoms with Crippen LogP contribution < -0.4 is 5.43 Å². The lowest BCUT2D eigenvalue weighted by atomic mass is 9.91. The largest absolute Gasteiger partial charge is 0.347 e. The SMILES string of the molecule is CCn1cc(C(=O)N2C[C@@H](C)C[C@H](C)C2)c(=O)c2cc(S(=O)(=O)N3CCc4ccccc4C3)ccc21. The van der Waals surface area contributed by atoms with E-state index in [1.807, 2.05) is 35.8 Å². The first-order chi connectivity index (χ1) is 17.2. The maximum Gasteiger partial charge on any atom is 0.259 e. The molecule has 0 N–H and O–H groups in total. The number of rotatable bonds is 4. The predicted molar refractivity (Wildman–Crippen MR) is 140 cm³/mol. The molecule has 190 valence electrons. The number of hydrogen-bond donors (Lipinski definition) is 0. The van der Waals surface area contributed by atoms with Crippen molar-refractivity contribution in [1.82, 2.24) is 13.8 Å². The monoisotopic (exact) mass is 507 g/mol. The summed E-state index contributed by atoms with van der Waals surface area (Å²) in [5.41, 5.74) is 2.48. The molecule has 2 aliphatic heterocycles. The van der Waals surface area contributed by atoms with Gasteiger partial charge in [-0.25, -0.2) is 8.42 Å². The van der Waals surface area contributed by atoms with Crippen LogP contribution in [0.3, 0.4) is 0 Å². The molecule has 8 heteroatoms. The van der Waals surface area contributed by atoms with Crippen LogP contribution in [0.4, 0.5) is 0 Å². The highest BCUT2D eigenvalue weighted by Gasteiger charge is 2.31. The number of pyridine rings is 1. The molecule has 3 heterocycles. The fourth-order valence-corrected chi connectivity index (χ4v) is 7.22. The number of sulfonamides is 1. The van der Waals surface area contributed by atoms with Crippen LogP contribution in [0.2, 0.25) is 0 Å². The summed E-state index contributed by atoms with van der Waals surface area (Å²) in [4.78, 5) is 28.9. The van der Waals surface area contributed by atoms with Crippen molar-refractivity contribution < 1.29 is 13.2 Å². The third kappa shape index (κ3) is 4.37. The summed E-state index contributed by atoms with van der Waals surface area (Å²) in [5, 5.41) is 0.263. The van der Waals surface area contributed by atoms with Crippen LogP contribution in [0.5, 0.6) is 0 Å². The molecule has 1 saturated heterocycles. The second kappa shape index (κ2) is 9.48. The molecule has 1 amide bonds. The highest BCUT2D eigenvalue weighted by Crippen LogP contribution is 2.27. The van der Waals surface area contributed by atoms with E-state index in [1.165, 1.54) is 10.4 Å². The minimum Gasteiger partial charge on any atom is -0.347 e. The highest BCUT2D eigenvalue weighted by molar-refractivity contribution is 7.89. The molecule has 0 radical (unpaired) electrons. The number of likely N-dealkylation sites (tertiary alicyclic amines) is 1. The van der Waals surface area contributed by atoms with E-state index >= 15 is 0 Å².